The first-order chi connectivity index (χ1) is 8.90. The monoisotopic (exact) mass is 270 g/mol. The van der Waals surface area contributed by atoms with Crippen molar-refractivity contribution in [3.63, 3.8) is 0 Å². The highest BCUT2D eigenvalue weighted by Gasteiger charge is 2.21. The maximum atomic E-state index is 11.5. The summed E-state index contributed by atoms with van der Waals surface area (Å²) in [7, 11) is 1.21. The average molecular weight is 270 g/mol. The fourth-order valence-electron chi connectivity index (χ4n) is 1.27. The number of urea groups is 1. The zero-order chi connectivity index (χ0) is 14.8. The van der Waals surface area contributed by atoms with E-state index in [0.717, 1.165) is 0 Å². The number of aliphatic carboxylic acids is 1. The molecule has 2 amide bonds. The normalized spacial score (nSPS) is 12.7. The largest absolute Gasteiger partial charge is 0.480 e. The third kappa shape index (κ3) is 7.65. The van der Waals surface area contributed by atoms with Gasteiger partial charge in [0.15, 0.2) is 0 Å². The summed E-state index contributed by atoms with van der Waals surface area (Å²) in [5.74, 6) is 0.625. The van der Waals surface area contributed by atoms with Gasteiger partial charge in [-0.3, -0.25) is 4.79 Å². The molecule has 0 aromatic carbocycles. The van der Waals surface area contributed by atoms with Crippen molar-refractivity contribution >= 4 is 18.0 Å². The molecule has 0 heterocycles. The fraction of sp³-hybridized carbons (Fsp3) is 0.583. The van der Waals surface area contributed by atoms with E-state index < -0.39 is 24.0 Å². The number of terminal acetylenes is 1. The molecular formula is C12H18N2O5. The molecule has 0 aliphatic heterocycles. The molecular weight excluding hydrogens is 252 g/mol. The Balaban J connectivity index is 4.27. The predicted molar refractivity (Wildman–Crippen MR) is 67.3 cm³/mol. The van der Waals surface area contributed by atoms with Gasteiger partial charge in [-0.2, -0.15) is 0 Å². The van der Waals surface area contributed by atoms with E-state index in [1.54, 1.807) is 6.92 Å². The molecule has 0 spiro atoms. The second kappa shape index (κ2) is 8.80. The minimum atomic E-state index is -1.22. The maximum absolute atomic E-state index is 11.5. The van der Waals surface area contributed by atoms with Crippen molar-refractivity contribution in [1.29, 1.82) is 0 Å². The molecule has 7 nitrogen and oxygen atoms in total. The number of carbonyl (C=O) groups is 3. The second-order valence-electron chi connectivity index (χ2n) is 3.93. The summed E-state index contributed by atoms with van der Waals surface area (Å²) >= 11 is 0. The molecule has 0 fully saturated rings. The fourth-order valence-corrected chi connectivity index (χ4v) is 1.27. The summed E-state index contributed by atoms with van der Waals surface area (Å²) in [4.78, 5) is 33.3. The van der Waals surface area contributed by atoms with E-state index in [4.69, 9.17) is 11.5 Å². The van der Waals surface area contributed by atoms with Crippen LogP contribution < -0.4 is 10.6 Å². The van der Waals surface area contributed by atoms with E-state index in [9.17, 15) is 14.4 Å². The highest BCUT2D eigenvalue weighted by molar-refractivity contribution is 5.83. The average Bonchev–Trinajstić information content (AvgIpc) is 2.33. The number of carbonyl (C=O) groups excluding carboxylic acids is 2. The molecule has 0 saturated heterocycles. The number of carboxylic acids is 1. The number of esters is 1. The van der Waals surface area contributed by atoms with Crippen LogP contribution in [0.1, 0.15) is 26.2 Å². The molecule has 0 bridgehead atoms. The Hall–Kier alpha value is -2.23. The Kier molecular flexibility index (Phi) is 7.77. The minimum absolute atomic E-state index is 0.0427. The number of methoxy groups -OCH3 is 1. The highest BCUT2D eigenvalue weighted by Crippen LogP contribution is 2.00. The van der Waals surface area contributed by atoms with Crippen molar-refractivity contribution in [3.8, 4) is 12.3 Å². The molecule has 0 saturated carbocycles. The van der Waals surface area contributed by atoms with Crippen LogP contribution in [0.4, 0.5) is 4.79 Å². The Bertz CT molecular complexity index is 375. The van der Waals surface area contributed by atoms with Gasteiger partial charge in [0.05, 0.1) is 7.11 Å². The first-order valence-corrected chi connectivity index (χ1v) is 5.70. The standard InChI is InChI=1S/C12H18N2O5/c1-4-5-8(2)13-12(18)14-9(11(16)17)6-7-10(15)19-3/h1,8-9H,5-7H2,2-3H3,(H,16,17)(H2,13,14,18)/t8?,9-/m0/s1. The van der Waals surface area contributed by atoms with Crippen molar-refractivity contribution in [1.82, 2.24) is 10.6 Å². The number of ether oxygens (including phenoxy) is 1. The molecule has 0 aliphatic rings. The molecule has 0 aromatic rings. The summed E-state index contributed by atoms with van der Waals surface area (Å²) in [6.45, 7) is 1.70. The predicted octanol–water partition coefficient (Wildman–Crippen LogP) is 0.104. The van der Waals surface area contributed by atoms with Gasteiger partial charge in [0, 0.05) is 18.9 Å². The third-order valence-corrected chi connectivity index (χ3v) is 2.27. The number of carboxylic acid groups (broad SMARTS) is 1. The van der Waals surface area contributed by atoms with Gasteiger partial charge in [0.2, 0.25) is 0 Å². The van der Waals surface area contributed by atoms with Crippen LogP contribution in [-0.4, -0.2) is 42.3 Å². The number of amides is 2. The van der Waals surface area contributed by atoms with E-state index >= 15 is 0 Å². The lowest BCUT2D eigenvalue weighted by molar-refractivity contribution is -0.142. The van der Waals surface area contributed by atoms with Crippen LogP contribution in [0.3, 0.4) is 0 Å². The topological polar surface area (TPSA) is 105 Å². The first kappa shape index (κ1) is 16.8. The van der Waals surface area contributed by atoms with E-state index in [0.29, 0.717) is 6.42 Å². The van der Waals surface area contributed by atoms with Gasteiger partial charge in [0.25, 0.3) is 0 Å². The van der Waals surface area contributed by atoms with Gasteiger partial charge in [0.1, 0.15) is 6.04 Å². The number of hydrogen-bond donors (Lipinski definition) is 3. The molecule has 0 aliphatic carbocycles. The van der Waals surface area contributed by atoms with Crippen molar-refractivity contribution in [2.45, 2.75) is 38.3 Å². The molecule has 2 atom stereocenters. The molecule has 0 radical (unpaired) electrons. The molecule has 7 heteroatoms. The van der Waals surface area contributed by atoms with Crippen LogP contribution in [-0.2, 0) is 14.3 Å². The summed E-state index contributed by atoms with van der Waals surface area (Å²) in [5, 5.41) is 13.7. The summed E-state index contributed by atoms with van der Waals surface area (Å²) in [6.07, 6.45) is 5.29. The van der Waals surface area contributed by atoms with Crippen LogP contribution in [0.25, 0.3) is 0 Å². The number of nitrogens with one attached hydrogen (secondary N) is 2. The van der Waals surface area contributed by atoms with Crippen LogP contribution in [0.2, 0.25) is 0 Å². The summed E-state index contributed by atoms with van der Waals surface area (Å²) in [6, 6.07) is -2.06. The number of rotatable bonds is 7. The van der Waals surface area contributed by atoms with E-state index in [1.165, 1.54) is 7.11 Å². The summed E-state index contributed by atoms with van der Waals surface area (Å²) < 4.78 is 4.40. The van der Waals surface area contributed by atoms with E-state index in [2.05, 4.69) is 21.3 Å². The lowest BCUT2D eigenvalue weighted by atomic mass is 10.1. The molecule has 0 aromatic heterocycles. The van der Waals surface area contributed by atoms with Gasteiger partial charge in [-0.1, -0.05) is 0 Å². The van der Waals surface area contributed by atoms with Crippen molar-refractivity contribution in [2.24, 2.45) is 0 Å². The Morgan fingerprint density at radius 3 is 2.47 bits per heavy atom. The molecule has 0 rings (SSSR count). The van der Waals surface area contributed by atoms with Crippen molar-refractivity contribution in [2.75, 3.05) is 7.11 Å². The van der Waals surface area contributed by atoms with Crippen LogP contribution in [0.5, 0.6) is 0 Å². The molecule has 3 N–H and O–H groups in total. The molecule has 1 unspecified atom stereocenters. The Labute approximate surface area is 111 Å². The van der Waals surface area contributed by atoms with Crippen molar-refractivity contribution < 1.29 is 24.2 Å². The van der Waals surface area contributed by atoms with Crippen LogP contribution >= 0.6 is 0 Å². The highest BCUT2D eigenvalue weighted by atomic mass is 16.5. The van der Waals surface area contributed by atoms with Gasteiger partial charge < -0.3 is 20.5 Å². The van der Waals surface area contributed by atoms with E-state index in [-0.39, 0.29) is 18.9 Å². The van der Waals surface area contributed by atoms with E-state index in [1.807, 2.05) is 0 Å². The van der Waals surface area contributed by atoms with Gasteiger partial charge in [-0.25, -0.2) is 9.59 Å². The third-order valence-electron chi connectivity index (χ3n) is 2.27. The maximum Gasteiger partial charge on any atom is 0.326 e. The van der Waals surface area contributed by atoms with Gasteiger partial charge in [-0.05, 0) is 13.3 Å². The Morgan fingerprint density at radius 2 is 2.00 bits per heavy atom. The first-order valence-electron chi connectivity index (χ1n) is 5.70. The Morgan fingerprint density at radius 1 is 1.37 bits per heavy atom. The zero-order valence-electron chi connectivity index (χ0n) is 10.9. The smallest absolute Gasteiger partial charge is 0.326 e. The van der Waals surface area contributed by atoms with Crippen LogP contribution in [0, 0.1) is 12.3 Å². The second-order valence-corrected chi connectivity index (χ2v) is 3.93. The molecule has 19 heavy (non-hydrogen) atoms. The SMILES string of the molecule is C#CCC(C)NC(=O)N[C@@H](CCC(=O)OC)C(=O)O. The van der Waals surface area contributed by atoms with Crippen LogP contribution in [0.15, 0.2) is 0 Å². The summed E-state index contributed by atoms with van der Waals surface area (Å²) in [5.41, 5.74) is 0. The molecule has 106 valence electrons. The minimum Gasteiger partial charge on any atom is -0.480 e. The number of hydrogen-bond acceptors (Lipinski definition) is 4. The lowest BCUT2D eigenvalue weighted by Crippen LogP contribution is -2.48. The lowest BCUT2D eigenvalue weighted by Gasteiger charge is -2.17. The van der Waals surface area contributed by atoms with Crippen molar-refractivity contribution in [3.05, 3.63) is 0 Å². The quantitative estimate of drug-likeness (QED) is 0.449. The zero-order valence-corrected chi connectivity index (χ0v) is 10.9. The van der Waals surface area contributed by atoms with Gasteiger partial charge >= 0.3 is 18.0 Å². The van der Waals surface area contributed by atoms with Gasteiger partial charge in [-0.15, -0.1) is 12.3 Å².